The Hall–Kier alpha value is -0.900. The summed E-state index contributed by atoms with van der Waals surface area (Å²) in [4.78, 5) is 0. The Labute approximate surface area is 124 Å². The van der Waals surface area contributed by atoms with Crippen LogP contribution < -0.4 is 5.32 Å². The number of halogens is 3. The topological polar surface area (TPSA) is 32.3 Å². The summed E-state index contributed by atoms with van der Waals surface area (Å²) in [7, 11) is 0. The summed E-state index contributed by atoms with van der Waals surface area (Å²) in [6, 6.07) is 10.8. The maximum Gasteiger partial charge on any atom is 0.134 e. The van der Waals surface area contributed by atoms with Crippen LogP contribution in [-0.2, 0) is 6.54 Å². The molecule has 0 bridgehead atoms. The highest BCUT2D eigenvalue weighted by Gasteiger charge is 2.01. The normalized spacial score (nSPS) is 10.4. The second-order valence-electron chi connectivity index (χ2n) is 3.77. The van der Waals surface area contributed by atoms with Crippen molar-refractivity contribution < 1.29 is 5.11 Å². The molecule has 0 fully saturated rings. The fourth-order valence-electron chi connectivity index (χ4n) is 1.47. The third-order valence-electron chi connectivity index (χ3n) is 2.43. The number of phenols is 1. The Morgan fingerprint density at radius 3 is 2.50 bits per heavy atom. The van der Waals surface area contributed by atoms with E-state index in [9.17, 15) is 5.11 Å². The maximum absolute atomic E-state index is 9.31. The SMILES string of the molecule is Oc1ccc(NCc2ccc(Br)c(Cl)c2)cc1Cl. The molecule has 0 spiro atoms. The monoisotopic (exact) mass is 345 g/mol. The van der Waals surface area contributed by atoms with Gasteiger partial charge in [0.15, 0.2) is 0 Å². The van der Waals surface area contributed by atoms with Crippen molar-refractivity contribution in [1.82, 2.24) is 0 Å². The molecule has 0 atom stereocenters. The van der Waals surface area contributed by atoms with E-state index in [0.29, 0.717) is 16.6 Å². The van der Waals surface area contributed by atoms with Gasteiger partial charge in [0.05, 0.1) is 10.0 Å². The lowest BCUT2D eigenvalue weighted by Gasteiger charge is -2.08. The molecule has 0 aromatic heterocycles. The first-order valence-electron chi connectivity index (χ1n) is 5.22. The van der Waals surface area contributed by atoms with E-state index < -0.39 is 0 Å². The van der Waals surface area contributed by atoms with Gasteiger partial charge in [0.2, 0.25) is 0 Å². The first kappa shape index (κ1) is 13.5. The Balaban J connectivity index is 2.06. The second-order valence-corrected chi connectivity index (χ2v) is 5.44. The quantitative estimate of drug-likeness (QED) is 0.760. The molecule has 2 aromatic rings. The van der Waals surface area contributed by atoms with Crippen LogP contribution in [0.4, 0.5) is 5.69 Å². The highest BCUT2D eigenvalue weighted by Crippen LogP contribution is 2.27. The van der Waals surface area contributed by atoms with E-state index in [1.807, 2.05) is 18.2 Å². The minimum absolute atomic E-state index is 0.0777. The van der Waals surface area contributed by atoms with Crippen LogP contribution in [0.5, 0.6) is 5.75 Å². The van der Waals surface area contributed by atoms with Crippen molar-refractivity contribution in [2.24, 2.45) is 0 Å². The van der Waals surface area contributed by atoms with Gasteiger partial charge in [-0.05, 0) is 51.8 Å². The van der Waals surface area contributed by atoms with Gasteiger partial charge in [0.25, 0.3) is 0 Å². The number of aromatic hydroxyl groups is 1. The molecule has 0 aliphatic carbocycles. The molecule has 0 aliphatic rings. The van der Waals surface area contributed by atoms with Crippen molar-refractivity contribution >= 4 is 44.8 Å². The summed E-state index contributed by atoms with van der Waals surface area (Å²) >= 11 is 15.2. The molecule has 94 valence electrons. The molecule has 2 nitrogen and oxygen atoms in total. The van der Waals surface area contributed by atoms with Gasteiger partial charge in [-0.3, -0.25) is 0 Å². The van der Waals surface area contributed by atoms with E-state index in [-0.39, 0.29) is 5.75 Å². The standard InChI is InChI=1S/C13H10BrCl2NO/c14-10-3-1-8(5-11(10)15)7-17-9-2-4-13(18)12(16)6-9/h1-6,17-18H,7H2. The Kier molecular flexibility index (Phi) is 4.38. The molecule has 5 heteroatoms. The van der Waals surface area contributed by atoms with Gasteiger partial charge >= 0.3 is 0 Å². The molecular formula is C13H10BrCl2NO. The second kappa shape index (κ2) is 5.83. The molecule has 0 unspecified atom stereocenters. The average Bonchev–Trinajstić information content (AvgIpc) is 2.35. The van der Waals surface area contributed by atoms with Crippen LogP contribution in [0.2, 0.25) is 10.0 Å². The van der Waals surface area contributed by atoms with Gasteiger partial charge in [0.1, 0.15) is 5.75 Å². The first-order valence-corrected chi connectivity index (χ1v) is 6.77. The van der Waals surface area contributed by atoms with E-state index in [4.69, 9.17) is 23.2 Å². The van der Waals surface area contributed by atoms with Crippen molar-refractivity contribution in [1.29, 1.82) is 0 Å². The Morgan fingerprint density at radius 1 is 1.06 bits per heavy atom. The zero-order chi connectivity index (χ0) is 13.1. The van der Waals surface area contributed by atoms with Crippen LogP contribution in [-0.4, -0.2) is 5.11 Å². The van der Waals surface area contributed by atoms with Crippen molar-refractivity contribution in [2.45, 2.75) is 6.54 Å². The average molecular weight is 347 g/mol. The van der Waals surface area contributed by atoms with Gasteiger partial charge in [-0.2, -0.15) is 0 Å². The van der Waals surface area contributed by atoms with Crippen LogP contribution in [0.1, 0.15) is 5.56 Å². The summed E-state index contributed by atoms with van der Waals surface area (Å²) in [5, 5.41) is 13.5. The summed E-state index contributed by atoms with van der Waals surface area (Å²) < 4.78 is 0.876. The highest BCUT2D eigenvalue weighted by molar-refractivity contribution is 9.10. The largest absolute Gasteiger partial charge is 0.506 e. The molecule has 18 heavy (non-hydrogen) atoms. The number of hydrogen-bond acceptors (Lipinski definition) is 2. The number of nitrogens with one attached hydrogen (secondary N) is 1. The van der Waals surface area contributed by atoms with Crippen LogP contribution >= 0.6 is 39.1 Å². The summed E-state index contributed by atoms with van der Waals surface area (Å²) in [5.41, 5.74) is 1.91. The summed E-state index contributed by atoms with van der Waals surface area (Å²) in [5.74, 6) is 0.0777. The predicted octanol–water partition coefficient (Wildman–Crippen LogP) is 5.07. The molecule has 2 N–H and O–H groups in total. The van der Waals surface area contributed by atoms with Crippen molar-refractivity contribution in [2.75, 3.05) is 5.32 Å². The van der Waals surface area contributed by atoms with Gasteiger partial charge in [-0.25, -0.2) is 0 Å². The highest BCUT2D eigenvalue weighted by atomic mass is 79.9. The maximum atomic E-state index is 9.31. The van der Waals surface area contributed by atoms with Gasteiger partial charge < -0.3 is 10.4 Å². The number of anilines is 1. The van der Waals surface area contributed by atoms with Gasteiger partial charge in [-0.1, -0.05) is 29.3 Å². The van der Waals surface area contributed by atoms with E-state index in [1.54, 1.807) is 18.2 Å². The van der Waals surface area contributed by atoms with Crippen molar-refractivity contribution in [3.05, 3.63) is 56.5 Å². The fraction of sp³-hybridized carbons (Fsp3) is 0.0769. The van der Waals surface area contributed by atoms with Crippen molar-refractivity contribution in [3.8, 4) is 5.75 Å². The molecule has 0 saturated carbocycles. The number of phenolic OH excluding ortho intramolecular Hbond substituents is 1. The first-order chi connectivity index (χ1) is 8.56. The zero-order valence-electron chi connectivity index (χ0n) is 9.25. The van der Waals surface area contributed by atoms with E-state index >= 15 is 0 Å². The smallest absolute Gasteiger partial charge is 0.134 e. The predicted molar refractivity (Wildman–Crippen MR) is 79.6 cm³/mol. The fourth-order valence-corrected chi connectivity index (χ4v) is 2.10. The van der Waals surface area contributed by atoms with Crippen LogP contribution in [0.3, 0.4) is 0 Å². The van der Waals surface area contributed by atoms with Crippen LogP contribution in [0.15, 0.2) is 40.9 Å². The number of rotatable bonds is 3. The molecule has 0 amide bonds. The minimum Gasteiger partial charge on any atom is -0.506 e. The lowest BCUT2D eigenvalue weighted by molar-refractivity contribution is 0.475. The Morgan fingerprint density at radius 2 is 1.83 bits per heavy atom. The van der Waals surface area contributed by atoms with Gasteiger partial charge in [-0.15, -0.1) is 0 Å². The molecule has 0 saturated heterocycles. The molecule has 0 radical (unpaired) electrons. The van der Waals surface area contributed by atoms with E-state index in [2.05, 4.69) is 21.2 Å². The third-order valence-corrected chi connectivity index (χ3v) is 3.96. The summed E-state index contributed by atoms with van der Waals surface area (Å²) in [6.07, 6.45) is 0. The molecule has 2 rings (SSSR count). The van der Waals surface area contributed by atoms with Gasteiger partial charge in [0, 0.05) is 16.7 Å². The minimum atomic E-state index is 0.0777. The lowest BCUT2D eigenvalue weighted by Crippen LogP contribution is -1.99. The van der Waals surface area contributed by atoms with Crippen LogP contribution in [0, 0.1) is 0 Å². The van der Waals surface area contributed by atoms with Crippen LogP contribution in [0.25, 0.3) is 0 Å². The Bertz CT molecular complexity index is 523. The molecule has 0 aliphatic heterocycles. The third kappa shape index (κ3) is 3.31. The molecule has 0 heterocycles. The lowest BCUT2D eigenvalue weighted by atomic mass is 10.2. The van der Waals surface area contributed by atoms with E-state index in [0.717, 1.165) is 15.7 Å². The zero-order valence-corrected chi connectivity index (χ0v) is 12.4. The summed E-state index contributed by atoms with van der Waals surface area (Å²) in [6.45, 7) is 0.633. The molecule has 2 aromatic carbocycles. The van der Waals surface area contributed by atoms with E-state index in [1.165, 1.54) is 0 Å². The number of hydrogen-bond donors (Lipinski definition) is 2. The number of benzene rings is 2. The van der Waals surface area contributed by atoms with Crippen molar-refractivity contribution in [3.63, 3.8) is 0 Å². The molecular weight excluding hydrogens is 337 g/mol.